The topological polar surface area (TPSA) is 54.0 Å². The zero-order chi connectivity index (χ0) is 26.4. The van der Waals surface area contributed by atoms with E-state index in [0.717, 1.165) is 81.2 Å². The molecule has 1 unspecified atom stereocenters. The Balaban J connectivity index is 1.52. The quantitative estimate of drug-likeness (QED) is 0.391. The summed E-state index contributed by atoms with van der Waals surface area (Å²) in [4.78, 5) is 18.4. The van der Waals surface area contributed by atoms with Crippen LogP contribution in [0.25, 0.3) is 0 Å². The number of piperazine rings is 1. The summed E-state index contributed by atoms with van der Waals surface area (Å²) in [5, 5.41) is 3.32. The van der Waals surface area contributed by atoms with Gasteiger partial charge in [-0.2, -0.15) is 0 Å². The van der Waals surface area contributed by atoms with Crippen LogP contribution >= 0.6 is 0 Å². The van der Waals surface area contributed by atoms with E-state index in [-0.39, 0.29) is 24.0 Å². The molecule has 1 fully saturated rings. The Morgan fingerprint density at radius 2 is 1.84 bits per heavy atom. The molecule has 4 rings (SSSR count). The number of carbonyl (C=O) groups excluding carboxylic acids is 1. The van der Waals surface area contributed by atoms with Gasteiger partial charge in [-0.05, 0) is 48.1 Å². The number of carbonyl (C=O) groups is 1. The molecule has 6 nitrogen and oxygen atoms in total. The van der Waals surface area contributed by atoms with Gasteiger partial charge in [0.05, 0.1) is 0 Å². The van der Waals surface area contributed by atoms with E-state index >= 15 is 0 Å². The number of rotatable bonds is 10. The fourth-order valence-corrected chi connectivity index (χ4v) is 5.42. The van der Waals surface area contributed by atoms with Crippen LogP contribution in [0.2, 0.25) is 0 Å². The average molecular weight is 508 g/mol. The lowest BCUT2D eigenvalue weighted by Crippen LogP contribution is -2.43. The minimum Gasteiger partial charge on any atom is -0.454 e. The molecular formula is C31H45N3O3. The first-order chi connectivity index (χ1) is 17.7. The van der Waals surface area contributed by atoms with Crippen molar-refractivity contribution in [1.29, 1.82) is 0 Å². The van der Waals surface area contributed by atoms with Gasteiger partial charge in [0, 0.05) is 50.4 Å². The fourth-order valence-electron chi connectivity index (χ4n) is 5.42. The van der Waals surface area contributed by atoms with Crippen molar-refractivity contribution in [3.05, 3.63) is 53.1 Å². The van der Waals surface area contributed by atoms with Crippen molar-refractivity contribution in [2.24, 2.45) is 0 Å². The maximum atomic E-state index is 13.5. The molecule has 0 aromatic heterocycles. The molecule has 0 spiro atoms. The SMILES string of the molecule is CCCCCC(CC(=O)Nc1cc(CN2CCN(C)CC2)ccc1C(C)(C)C)c1cccc2c1OCO2. The molecule has 0 saturated carbocycles. The summed E-state index contributed by atoms with van der Waals surface area (Å²) < 4.78 is 11.4. The van der Waals surface area contributed by atoms with Gasteiger partial charge in [-0.1, -0.05) is 71.2 Å². The molecule has 1 N–H and O–H groups in total. The third-order valence-electron chi connectivity index (χ3n) is 7.62. The van der Waals surface area contributed by atoms with Crippen molar-refractivity contribution < 1.29 is 14.3 Å². The molecule has 2 aromatic carbocycles. The van der Waals surface area contributed by atoms with E-state index in [1.54, 1.807) is 0 Å². The van der Waals surface area contributed by atoms with Crippen LogP contribution in [0.1, 0.15) is 82.4 Å². The number of fused-ring (bicyclic) bond motifs is 1. The second kappa shape index (κ2) is 12.3. The van der Waals surface area contributed by atoms with E-state index in [0.29, 0.717) is 6.42 Å². The number of unbranched alkanes of at least 4 members (excludes halogenated alkanes) is 2. The molecule has 2 aliphatic rings. The average Bonchev–Trinajstić information content (AvgIpc) is 3.33. The number of nitrogens with zero attached hydrogens (tertiary/aromatic N) is 2. The van der Waals surface area contributed by atoms with E-state index in [9.17, 15) is 4.79 Å². The second-order valence-electron chi connectivity index (χ2n) is 11.7. The van der Waals surface area contributed by atoms with Gasteiger partial charge in [0.15, 0.2) is 11.5 Å². The van der Waals surface area contributed by atoms with E-state index in [2.05, 4.69) is 74.1 Å². The molecule has 2 aromatic rings. The summed E-state index contributed by atoms with van der Waals surface area (Å²) in [6, 6.07) is 12.7. The van der Waals surface area contributed by atoms with Crippen LogP contribution in [0.3, 0.4) is 0 Å². The van der Waals surface area contributed by atoms with Gasteiger partial charge in [-0.25, -0.2) is 0 Å². The number of para-hydroxylation sites is 1. The summed E-state index contributed by atoms with van der Waals surface area (Å²) in [6.07, 6.45) is 4.78. The highest BCUT2D eigenvalue weighted by Crippen LogP contribution is 2.42. The number of benzene rings is 2. The molecule has 1 amide bonds. The Bertz CT molecular complexity index is 1050. The molecule has 0 bridgehead atoms. The zero-order valence-corrected chi connectivity index (χ0v) is 23.4. The number of anilines is 1. The Morgan fingerprint density at radius 1 is 1.05 bits per heavy atom. The first-order valence-electron chi connectivity index (χ1n) is 14.0. The Hall–Kier alpha value is -2.57. The Kier molecular flexibility index (Phi) is 9.14. The largest absolute Gasteiger partial charge is 0.454 e. The number of hydrogen-bond acceptors (Lipinski definition) is 5. The number of likely N-dealkylation sites (N-methyl/N-ethyl adjacent to an activating group) is 1. The predicted molar refractivity (Wildman–Crippen MR) is 151 cm³/mol. The van der Waals surface area contributed by atoms with Crippen molar-refractivity contribution >= 4 is 11.6 Å². The van der Waals surface area contributed by atoms with Gasteiger partial charge in [0.25, 0.3) is 0 Å². The van der Waals surface area contributed by atoms with Gasteiger partial charge in [0.1, 0.15) is 0 Å². The molecule has 37 heavy (non-hydrogen) atoms. The van der Waals surface area contributed by atoms with Gasteiger partial charge < -0.3 is 19.7 Å². The molecule has 2 heterocycles. The molecule has 202 valence electrons. The van der Waals surface area contributed by atoms with Crippen molar-refractivity contribution in [3.8, 4) is 11.5 Å². The lowest BCUT2D eigenvalue weighted by Gasteiger charge is -2.32. The van der Waals surface area contributed by atoms with Gasteiger partial charge >= 0.3 is 0 Å². The second-order valence-corrected chi connectivity index (χ2v) is 11.7. The van der Waals surface area contributed by atoms with Crippen molar-refractivity contribution in [1.82, 2.24) is 9.80 Å². The zero-order valence-electron chi connectivity index (χ0n) is 23.4. The third-order valence-corrected chi connectivity index (χ3v) is 7.62. The van der Waals surface area contributed by atoms with E-state index in [1.165, 1.54) is 11.1 Å². The van der Waals surface area contributed by atoms with Gasteiger partial charge in [0.2, 0.25) is 12.7 Å². The van der Waals surface area contributed by atoms with E-state index < -0.39 is 0 Å². The maximum Gasteiger partial charge on any atom is 0.231 e. The Morgan fingerprint density at radius 3 is 2.57 bits per heavy atom. The van der Waals surface area contributed by atoms with E-state index in [1.807, 2.05) is 12.1 Å². The van der Waals surface area contributed by atoms with Crippen LogP contribution < -0.4 is 14.8 Å². The van der Waals surface area contributed by atoms with Crippen LogP contribution in [0.15, 0.2) is 36.4 Å². The number of hydrogen-bond donors (Lipinski definition) is 1. The fraction of sp³-hybridized carbons (Fsp3) is 0.581. The number of nitrogens with one attached hydrogen (secondary N) is 1. The monoisotopic (exact) mass is 507 g/mol. The Labute approximate surface area is 223 Å². The summed E-state index contributed by atoms with van der Waals surface area (Å²) in [6.45, 7) is 14.3. The summed E-state index contributed by atoms with van der Waals surface area (Å²) in [5.74, 6) is 1.74. The summed E-state index contributed by atoms with van der Waals surface area (Å²) in [7, 11) is 2.18. The highest BCUT2D eigenvalue weighted by molar-refractivity contribution is 5.92. The van der Waals surface area contributed by atoms with Gasteiger partial charge in [-0.15, -0.1) is 0 Å². The van der Waals surface area contributed by atoms with Crippen molar-refractivity contribution in [2.45, 2.75) is 77.7 Å². The highest BCUT2D eigenvalue weighted by Gasteiger charge is 2.26. The van der Waals surface area contributed by atoms with Crippen LogP contribution in [0.5, 0.6) is 11.5 Å². The number of ether oxygens (including phenoxy) is 2. The van der Waals surface area contributed by atoms with Crippen LogP contribution in [0.4, 0.5) is 5.69 Å². The highest BCUT2D eigenvalue weighted by atomic mass is 16.7. The minimum atomic E-state index is -0.0685. The number of amides is 1. The molecular weight excluding hydrogens is 462 g/mol. The van der Waals surface area contributed by atoms with Crippen LogP contribution in [-0.4, -0.2) is 55.7 Å². The first kappa shape index (κ1) is 27.5. The minimum absolute atomic E-state index is 0.0558. The third kappa shape index (κ3) is 7.26. The van der Waals surface area contributed by atoms with E-state index in [4.69, 9.17) is 9.47 Å². The molecule has 1 saturated heterocycles. The normalized spacial score (nSPS) is 17.1. The smallest absolute Gasteiger partial charge is 0.231 e. The standard InChI is InChI=1S/C31H45N3O3/c1-6-7-8-10-24(25-11-9-12-28-30(25)37-22-36-28)20-29(35)32-27-19-23(13-14-26(27)31(2,3)4)21-34-17-15-33(5)16-18-34/h9,11-14,19,24H,6-8,10,15-18,20-22H2,1-5H3,(H,32,35). The summed E-state index contributed by atoms with van der Waals surface area (Å²) in [5.41, 5.74) is 4.37. The van der Waals surface area contributed by atoms with Crippen LogP contribution in [-0.2, 0) is 16.8 Å². The van der Waals surface area contributed by atoms with Crippen LogP contribution in [0, 0.1) is 0 Å². The van der Waals surface area contributed by atoms with Gasteiger partial charge in [-0.3, -0.25) is 9.69 Å². The first-order valence-corrected chi connectivity index (χ1v) is 14.0. The maximum absolute atomic E-state index is 13.5. The molecule has 6 heteroatoms. The molecule has 2 aliphatic heterocycles. The van der Waals surface area contributed by atoms with Crippen molar-refractivity contribution in [3.63, 3.8) is 0 Å². The summed E-state index contributed by atoms with van der Waals surface area (Å²) >= 11 is 0. The lowest BCUT2D eigenvalue weighted by molar-refractivity contribution is -0.116. The predicted octanol–water partition coefficient (Wildman–Crippen LogP) is 6.15. The molecule has 0 radical (unpaired) electrons. The lowest BCUT2D eigenvalue weighted by atomic mass is 9.84. The van der Waals surface area contributed by atoms with Crippen molar-refractivity contribution in [2.75, 3.05) is 45.3 Å². The molecule has 0 aliphatic carbocycles. The molecule has 1 atom stereocenters.